The second-order valence-corrected chi connectivity index (χ2v) is 5.22. The van der Waals surface area contributed by atoms with Gasteiger partial charge in [0.25, 0.3) is 0 Å². The molecule has 0 saturated heterocycles. The molecule has 0 fully saturated rings. The zero-order chi connectivity index (χ0) is 16.8. The first kappa shape index (κ1) is 18.3. The van der Waals surface area contributed by atoms with Gasteiger partial charge in [0.2, 0.25) is 0 Å². The highest BCUT2D eigenvalue weighted by Gasteiger charge is 2.30. The van der Waals surface area contributed by atoms with Gasteiger partial charge in [-0.3, -0.25) is 0 Å². The highest BCUT2D eigenvalue weighted by Crippen LogP contribution is 2.29. The third kappa shape index (κ3) is 5.24. The molecule has 6 heteroatoms. The summed E-state index contributed by atoms with van der Waals surface area (Å²) in [4.78, 5) is 13.8. The van der Waals surface area contributed by atoms with Crippen LogP contribution in [0.3, 0.4) is 0 Å². The number of hydrogen-bond acceptors (Lipinski definition) is 1. The van der Waals surface area contributed by atoms with E-state index in [0.717, 1.165) is 25.0 Å². The molecular formula is C16H23F3N2O. The smallest absolute Gasteiger partial charge is 0.331 e. The minimum Gasteiger partial charge on any atom is -0.331 e. The number of nitrogens with one attached hydrogen (secondary N) is 1. The molecule has 1 unspecified atom stereocenters. The molecule has 1 rings (SSSR count). The molecule has 0 aromatic heterocycles. The van der Waals surface area contributed by atoms with Crippen LogP contribution in [0.5, 0.6) is 0 Å². The van der Waals surface area contributed by atoms with Crippen molar-refractivity contribution in [1.82, 2.24) is 10.2 Å². The fraction of sp³-hybridized carbons (Fsp3) is 0.562. The quantitative estimate of drug-likeness (QED) is 0.817. The van der Waals surface area contributed by atoms with Crippen LogP contribution < -0.4 is 5.32 Å². The SMILES string of the molecule is CCCCN(CC)C(=O)NC(C)c1ccc(C(F)(F)F)cc1. The van der Waals surface area contributed by atoms with Crippen molar-refractivity contribution in [2.75, 3.05) is 13.1 Å². The second-order valence-electron chi connectivity index (χ2n) is 5.22. The number of urea groups is 1. The molecule has 0 bridgehead atoms. The maximum absolute atomic E-state index is 12.5. The van der Waals surface area contributed by atoms with Crippen molar-refractivity contribution in [3.63, 3.8) is 0 Å². The predicted molar refractivity (Wildman–Crippen MR) is 80.5 cm³/mol. The van der Waals surface area contributed by atoms with E-state index in [1.807, 2.05) is 6.92 Å². The Bertz CT molecular complexity index is 471. The topological polar surface area (TPSA) is 32.3 Å². The Hall–Kier alpha value is -1.72. The van der Waals surface area contributed by atoms with E-state index in [0.29, 0.717) is 18.7 Å². The maximum Gasteiger partial charge on any atom is 0.416 e. The summed E-state index contributed by atoms with van der Waals surface area (Å²) in [7, 11) is 0. The largest absolute Gasteiger partial charge is 0.416 e. The number of carbonyl (C=O) groups excluding carboxylic acids is 1. The van der Waals surface area contributed by atoms with E-state index in [2.05, 4.69) is 12.2 Å². The van der Waals surface area contributed by atoms with Crippen LogP contribution in [0.2, 0.25) is 0 Å². The van der Waals surface area contributed by atoms with Gasteiger partial charge in [-0.05, 0) is 38.0 Å². The zero-order valence-electron chi connectivity index (χ0n) is 13.2. The van der Waals surface area contributed by atoms with Gasteiger partial charge >= 0.3 is 12.2 Å². The molecule has 0 radical (unpaired) electrons. The van der Waals surface area contributed by atoms with Crippen LogP contribution in [0.4, 0.5) is 18.0 Å². The van der Waals surface area contributed by atoms with E-state index in [1.54, 1.807) is 11.8 Å². The highest BCUT2D eigenvalue weighted by atomic mass is 19.4. The lowest BCUT2D eigenvalue weighted by molar-refractivity contribution is -0.137. The first-order chi connectivity index (χ1) is 10.3. The molecule has 0 saturated carbocycles. The van der Waals surface area contributed by atoms with Crippen molar-refractivity contribution in [3.05, 3.63) is 35.4 Å². The molecule has 0 aliphatic heterocycles. The molecule has 124 valence electrons. The summed E-state index contributed by atoms with van der Waals surface area (Å²) in [6.07, 6.45) is -2.42. The molecule has 1 aromatic rings. The number of halogens is 3. The van der Waals surface area contributed by atoms with E-state index in [1.165, 1.54) is 12.1 Å². The number of benzene rings is 1. The molecular weight excluding hydrogens is 293 g/mol. The molecule has 0 heterocycles. The van der Waals surface area contributed by atoms with Gasteiger partial charge in [0.05, 0.1) is 11.6 Å². The summed E-state index contributed by atoms with van der Waals surface area (Å²) in [5.41, 5.74) is -0.0409. The van der Waals surface area contributed by atoms with Gasteiger partial charge in [0.1, 0.15) is 0 Å². The summed E-state index contributed by atoms with van der Waals surface area (Å²) >= 11 is 0. The Balaban J connectivity index is 2.67. The van der Waals surface area contributed by atoms with Crippen LogP contribution in [0.25, 0.3) is 0 Å². The number of hydrogen-bond donors (Lipinski definition) is 1. The van der Waals surface area contributed by atoms with Gasteiger partial charge in [0, 0.05) is 13.1 Å². The van der Waals surface area contributed by atoms with Crippen LogP contribution in [-0.4, -0.2) is 24.0 Å². The molecule has 22 heavy (non-hydrogen) atoms. The summed E-state index contributed by atoms with van der Waals surface area (Å²) in [5, 5.41) is 2.82. The molecule has 0 aliphatic rings. The number of nitrogens with zero attached hydrogens (tertiary/aromatic N) is 1. The summed E-state index contributed by atoms with van der Waals surface area (Å²) < 4.78 is 37.6. The van der Waals surface area contributed by atoms with Crippen LogP contribution in [0, 0.1) is 0 Å². The van der Waals surface area contributed by atoms with Crippen molar-refractivity contribution < 1.29 is 18.0 Å². The average Bonchev–Trinajstić information content (AvgIpc) is 2.47. The van der Waals surface area contributed by atoms with Crippen molar-refractivity contribution in [2.45, 2.75) is 45.8 Å². The van der Waals surface area contributed by atoms with Crippen molar-refractivity contribution in [3.8, 4) is 0 Å². The molecule has 3 nitrogen and oxygen atoms in total. The lowest BCUT2D eigenvalue weighted by Crippen LogP contribution is -2.41. The van der Waals surface area contributed by atoms with Crippen molar-refractivity contribution >= 4 is 6.03 Å². The second kappa shape index (κ2) is 8.06. The number of unbranched alkanes of at least 4 members (excludes halogenated alkanes) is 1. The van der Waals surface area contributed by atoms with Crippen LogP contribution in [0.1, 0.15) is 50.8 Å². The molecule has 0 aliphatic carbocycles. The predicted octanol–water partition coefficient (Wildman–Crippen LogP) is 4.60. The Labute approximate surface area is 129 Å². The standard InChI is InChI=1S/C16H23F3N2O/c1-4-6-11-21(5-2)15(22)20-12(3)13-7-9-14(10-8-13)16(17,18)19/h7-10,12H,4-6,11H2,1-3H3,(H,20,22). The monoisotopic (exact) mass is 316 g/mol. The van der Waals surface area contributed by atoms with E-state index < -0.39 is 11.7 Å². The first-order valence-corrected chi connectivity index (χ1v) is 7.52. The average molecular weight is 316 g/mol. The van der Waals surface area contributed by atoms with Crippen LogP contribution in [-0.2, 0) is 6.18 Å². The Kier molecular flexibility index (Phi) is 6.71. The van der Waals surface area contributed by atoms with Crippen LogP contribution >= 0.6 is 0 Å². The van der Waals surface area contributed by atoms with Gasteiger partial charge in [-0.25, -0.2) is 4.79 Å². The Morgan fingerprint density at radius 1 is 1.23 bits per heavy atom. The number of alkyl halides is 3. The van der Waals surface area contributed by atoms with Crippen molar-refractivity contribution in [2.24, 2.45) is 0 Å². The molecule has 1 aromatic carbocycles. The molecule has 2 amide bonds. The highest BCUT2D eigenvalue weighted by molar-refractivity contribution is 5.74. The lowest BCUT2D eigenvalue weighted by Gasteiger charge is -2.24. The normalized spacial score (nSPS) is 12.8. The van der Waals surface area contributed by atoms with Gasteiger partial charge in [-0.15, -0.1) is 0 Å². The van der Waals surface area contributed by atoms with Gasteiger partial charge in [0.15, 0.2) is 0 Å². The molecule has 1 atom stereocenters. The molecule has 1 N–H and O–H groups in total. The number of rotatable bonds is 6. The van der Waals surface area contributed by atoms with E-state index in [4.69, 9.17) is 0 Å². The van der Waals surface area contributed by atoms with Gasteiger partial charge in [-0.2, -0.15) is 13.2 Å². The molecule has 0 spiro atoms. The first-order valence-electron chi connectivity index (χ1n) is 7.52. The van der Waals surface area contributed by atoms with E-state index in [9.17, 15) is 18.0 Å². The lowest BCUT2D eigenvalue weighted by atomic mass is 10.1. The van der Waals surface area contributed by atoms with Crippen molar-refractivity contribution in [1.29, 1.82) is 0 Å². The minimum absolute atomic E-state index is 0.191. The number of amides is 2. The fourth-order valence-corrected chi connectivity index (χ4v) is 2.07. The summed E-state index contributed by atoms with van der Waals surface area (Å²) in [6.45, 7) is 6.99. The fourth-order valence-electron chi connectivity index (χ4n) is 2.07. The third-order valence-corrected chi connectivity index (χ3v) is 3.53. The van der Waals surface area contributed by atoms with Gasteiger partial charge in [-0.1, -0.05) is 25.5 Å². The summed E-state index contributed by atoms with van der Waals surface area (Å²) in [5.74, 6) is 0. The van der Waals surface area contributed by atoms with E-state index >= 15 is 0 Å². The zero-order valence-corrected chi connectivity index (χ0v) is 13.2. The minimum atomic E-state index is -4.34. The summed E-state index contributed by atoms with van der Waals surface area (Å²) in [6, 6.07) is 4.33. The Morgan fingerprint density at radius 2 is 1.82 bits per heavy atom. The van der Waals surface area contributed by atoms with Gasteiger partial charge < -0.3 is 10.2 Å². The number of carbonyl (C=O) groups is 1. The maximum atomic E-state index is 12.5. The van der Waals surface area contributed by atoms with E-state index in [-0.39, 0.29) is 12.1 Å². The van der Waals surface area contributed by atoms with Crippen LogP contribution in [0.15, 0.2) is 24.3 Å². The Morgan fingerprint density at radius 3 is 2.27 bits per heavy atom. The third-order valence-electron chi connectivity index (χ3n) is 3.53.